The molecule has 0 aliphatic carbocycles. The summed E-state index contributed by atoms with van der Waals surface area (Å²) < 4.78 is 54.7. The molecule has 0 spiro atoms. The van der Waals surface area contributed by atoms with Gasteiger partial charge >= 0.3 is 0 Å². The molecule has 0 aliphatic rings. The number of amides is 1. The lowest BCUT2D eigenvalue weighted by atomic mass is 10.2. The smallest absolute Gasteiger partial charge is 0.264 e. The third-order valence-electron chi connectivity index (χ3n) is 4.21. The van der Waals surface area contributed by atoms with Gasteiger partial charge in [-0.1, -0.05) is 33.6 Å². The largest absolute Gasteiger partial charge is 0.324 e. The van der Waals surface area contributed by atoms with Gasteiger partial charge in [0.2, 0.25) is 5.91 Å². The SMILES string of the molecule is Cc1ccc(S(=O)(=O)N(CC(=O)Nc2ccc(F)c(F)c2)c2ccc(Br)cc2)cc1. The average molecular weight is 495 g/mol. The van der Waals surface area contributed by atoms with Gasteiger partial charge in [0.1, 0.15) is 6.54 Å². The van der Waals surface area contributed by atoms with Crippen LogP contribution < -0.4 is 9.62 Å². The number of halogens is 3. The number of benzene rings is 3. The molecule has 0 saturated heterocycles. The first-order valence-corrected chi connectivity index (χ1v) is 11.0. The Labute approximate surface area is 181 Å². The highest BCUT2D eigenvalue weighted by Crippen LogP contribution is 2.26. The molecule has 0 unspecified atom stereocenters. The van der Waals surface area contributed by atoms with Crippen LogP contribution in [-0.4, -0.2) is 20.9 Å². The lowest BCUT2D eigenvalue weighted by Crippen LogP contribution is -2.38. The monoisotopic (exact) mass is 494 g/mol. The number of nitrogens with zero attached hydrogens (tertiary/aromatic N) is 1. The van der Waals surface area contributed by atoms with E-state index in [1.165, 1.54) is 18.2 Å². The van der Waals surface area contributed by atoms with Crippen molar-refractivity contribution < 1.29 is 22.0 Å². The molecule has 5 nitrogen and oxygen atoms in total. The van der Waals surface area contributed by atoms with E-state index in [0.29, 0.717) is 0 Å². The van der Waals surface area contributed by atoms with Crippen molar-refractivity contribution in [2.75, 3.05) is 16.2 Å². The molecule has 9 heteroatoms. The van der Waals surface area contributed by atoms with Crippen molar-refractivity contribution in [3.05, 3.63) is 88.4 Å². The Morgan fingerprint density at radius 3 is 2.20 bits per heavy atom. The maximum Gasteiger partial charge on any atom is 0.264 e. The second-order valence-electron chi connectivity index (χ2n) is 6.48. The first kappa shape index (κ1) is 21.9. The molecular weight excluding hydrogens is 478 g/mol. The summed E-state index contributed by atoms with van der Waals surface area (Å²) >= 11 is 3.29. The maximum absolute atomic E-state index is 13.4. The molecule has 30 heavy (non-hydrogen) atoms. The predicted molar refractivity (Wildman–Crippen MR) is 115 cm³/mol. The quantitative estimate of drug-likeness (QED) is 0.531. The molecule has 0 radical (unpaired) electrons. The van der Waals surface area contributed by atoms with Crippen LogP contribution in [-0.2, 0) is 14.8 Å². The Hall–Kier alpha value is -2.78. The Kier molecular flexibility index (Phi) is 6.52. The van der Waals surface area contributed by atoms with E-state index in [0.717, 1.165) is 26.5 Å². The first-order valence-electron chi connectivity index (χ1n) is 8.77. The van der Waals surface area contributed by atoms with Crippen LogP contribution in [0.1, 0.15) is 5.56 Å². The van der Waals surface area contributed by atoms with Crippen molar-refractivity contribution in [3.8, 4) is 0 Å². The summed E-state index contributed by atoms with van der Waals surface area (Å²) in [4.78, 5) is 12.6. The summed E-state index contributed by atoms with van der Waals surface area (Å²) in [5, 5.41) is 2.39. The standard InChI is InChI=1S/C21H17BrF2N2O3S/c1-14-2-9-18(10-3-14)30(28,29)26(17-7-4-15(22)5-8-17)13-21(27)25-16-6-11-19(23)20(24)12-16/h2-12H,13H2,1H3,(H,25,27). The molecule has 0 aromatic heterocycles. The molecule has 156 valence electrons. The minimum Gasteiger partial charge on any atom is -0.324 e. The number of sulfonamides is 1. The normalized spacial score (nSPS) is 11.2. The highest BCUT2D eigenvalue weighted by atomic mass is 79.9. The van der Waals surface area contributed by atoms with Crippen LogP contribution in [0.2, 0.25) is 0 Å². The van der Waals surface area contributed by atoms with Gasteiger partial charge in [0.15, 0.2) is 11.6 Å². The number of aryl methyl sites for hydroxylation is 1. The minimum atomic E-state index is -4.06. The van der Waals surface area contributed by atoms with Crippen molar-refractivity contribution in [2.24, 2.45) is 0 Å². The lowest BCUT2D eigenvalue weighted by molar-refractivity contribution is -0.114. The van der Waals surface area contributed by atoms with Crippen molar-refractivity contribution in [1.82, 2.24) is 0 Å². The van der Waals surface area contributed by atoms with E-state index in [9.17, 15) is 22.0 Å². The van der Waals surface area contributed by atoms with Gasteiger partial charge in [0.05, 0.1) is 10.6 Å². The second-order valence-corrected chi connectivity index (χ2v) is 9.26. The minimum absolute atomic E-state index is 0.0161. The predicted octanol–water partition coefficient (Wildman–Crippen LogP) is 4.87. The summed E-state index contributed by atoms with van der Waals surface area (Å²) in [6.45, 7) is 1.27. The van der Waals surface area contributed by atoms with Crippen LogP contribution in [0.5, 0.6) is 0 Å². The van der Waals surface area contributed by atoms with Crippen LogP contribution in [0.25, 0.3) is 0 Å². The summed E-state index contributed by atoms with van der Waals surface area (Å²) in [5.41, 5.74) is 1.18. The van der Waals surface area contributed by atoms with Gasteiger partial charge in [0, 0.05) is 16.2 Å². The zero-order valence-electron chi connectivity index (χ0n) is 15.8. The summed E-state index contributed by atoms with van der Waals surface area (Å²) in [7, 11) is -4.06. The third-order valence-corrected chi connectivity index (χ3v) is 6.53. The fourth-order valence-electron chi connectivity index (χ4n) is 2.66. The first-order chi connectivity index (χ1) is 14.2. The van der Waals surface area contributed by atoms with E-state index < -0.39 is 34.1 Å². The number of carbonyl (C=O) groups is 1. The van der Waals surface area contributed by atoms with E-state index >= 15 is 0 Å². The van der Waals surface area contributed by atoms with E-state index in [1.807, 2.05) is 6.92 Å². The van der Waals surface area contributed by atoms with Crippen molar-refractivity contribution in [2.45, 2.75) is 11.8 Å². The number of hydrogen-bond acceptors (Lipinski definition) is 3. The number of nitrogens with one attached hydrogen (secondary N) is 1. The molecule has 0 bridgehead atoms. The Morgan fingerprint density at radius 2 is 1.60 bits per heavy atom. The number of rotatable bonds is 6. The fourth-order valence-corrected chi connectivity index (χ4v) is 4.35. The van der Waals surface area contributed by atoms with E-state index in [-0.39, 0.29) is 16.3 Å². The van der Waals surface area contributed by atoms with Crippen LogP contribution in [0.4, 0.5) is 20.2 Å². The van der Waals surface area contributed by atoms with E-state index in [4.69, 9.17) is 0 Å². The van der Waals surface area contributed by atoms with Gasteiger partial charge in [-0.05, 0) is 55.5 Å². The zero-order chi connectivity index (χ0) is 21.9. The molecule has 3 aromatic carbocycles. The Balaban J connectivity index is 1.93. The summed E-state index contributed by atoms with van der Waals surface area (Å²) in [5.74, 6) is -2.88. The highest BCUT2D eigenvalue weighted by molar-refractivity contribution is 9.10. The molecule has 0 saturated carbocycles. The van der Waals surface area contributed by atoms with Crippen LogP contribution in [0.15, 0.2) is 76.1 Å². The number of anilines is 2. The molecule has 3 rings (SSSR count). The van der Waals surface area contributed by atoms with Gasteiger partial charge in [-0.2, -0.15) is 0 Å². The molecule has 0 atom stereocenters. The van der Waals surface area contributed by atoms with Crippen molar-refractivity contribution in [1.29, 1.82) is 0 Å². The van der Waals surface area contributed by atoms with Gasteiger partial charge in [-0.3, -0.25) is 9.10 Å². The Morgan fingerprint density at radius 1 is 0.967 bits per heavy atom. The highest BCUT2D eigenvalue weighted by Gasteiger charge is 2.27. The molecule has 1 amide bonds. The fraction of sp³-hybridized carbons (Fsp3) is 0.0952. The van der Waals surface area contributed by atoms with Crippen LogP contribution >= 0.6 is 15.9 Å². The van der Waals surface area contributed by atoms with Crippen LogP contribution in [0.3, 0.4) is 0 Å². The molecule has 1 N–H and O–H groups in total. The molecule has 0 heterocycles. The number of carbonyl (C=O) groups excluding carboxylic acids is 1. The second kappa shape index (κ2) is 8.93. The van der Waals surface area contributed by atoms with Crippen molar-refractivity contribution in [3.63, 3.8) is 0 Å². The summed E-state index contributed by atoms with van der Waals surface area (Å²) in [6.07, 6.45) is 0. The van der Waals surface area contributed by atoms with Crippen LogP contribution in [0, 0.1) is 18.6 Å². The van der Waals surface area contributed by atoms with Gasteiger partial charge in [-0.25, -0.2) is 17.2 Å². The maximum atomic E-state index is 13.4. The van der Waals surface area contributed by atoms with E-state index in [1.54, 1.807) is 36.4 Å². The van der Waals surface area contributed by atoms with Gasteiger partial charge in [-0.15, -0.1) is 0 Å². The lowest BCUT2D eigenvalue weighted by Gasteiger charge is -2.24. The average Bonchev–Trinajstić information content (AvgIpc) is 2.70. The van der Waals surface area contributed by atoms with Gasteiger partial charge < -0.3 is 5.32 Å². The summed E-state index contributed by atoms with van der Waals surface area (Å²) in [6, 6.07) is 15.6. The molecule has 0 aliphatic heterocycles. The molecular formula is C21H17BrF2N2O3S. The number of hydrogen-bond donors (Lipinski definition) is 1. The third kappa shape index (κ3) is 5.03. The van der Waals surface area contributed by atoms with Crippen molar-refractivity contribution >= 4 is 43.2 Å². The van der Waals surface area contributed by atoms with Gasteiger partial charge in [0.25, 0.3) is 10.0 Å². The van der Waals surface area contributed by atoms with E-state index in [2.05, 4.69) is 21.2 Å². The molecule has 3 aromatic rings. The molecule has 0 fully saturated rings. The topological polar surface area (TPSA) is 66.5 Å². The Bertz CT molecular complexity index is 1170. The zero-order valence-corrected chi connectivity index (χ0v) is 18.2.